The maximum atomic E-state index is 12.4. The Morgan fingerprint density at radius 3 is 2.64 bits per heavy atom. The number of rotatable bonds is 7. The van der Waals surface area contributed by atoms with E-state index in [1.165, 1.54) is 0 Å². The predicted molar refractivity (Wildman–Crippen MR) is 113 cm³/mol. The second-order valence-electron chi connectivity index (χ2n) is 6.40. The molecule has 0 saturated heterocycles. The highest BCUT2D eigenvalue weighted by Crippen LogP contribution is 2.24. The van der Waals surface area contributed by atoms with Gasteiger partial charge in [0, 0.05) is 23.5 Å². The topological polar surface area (TPSA) is 63.2 Å². The first kappa shape index (κ1) is 19.7. The van der Waals surface area contributed by atoms with Crippen molar-refractivity contribution in [3.8, 4) is 5.75 Å². The van der Waals surface area contributed by atoms with Crippen LogP contribution in [0.4, 0.5) is 11.4 Å². The number of pyridine rings is 1. The van der Waals surface area contributed by atoms with Crippen LogP contribution in [0.25, 0.3) is 0 Å². The molecule has 2 aromatic carbocycles. The summed E-state index contributed by atoms with van der Waals surface area (Å²) in [7, 11) is 1.64. The monoisotopic (exact) mass is 395 g/mol. The Hall–Kier alpha value is -3.05. The lowest BCUT2D eigenvalue weighted by molar-refractivity contribution is 0.0954. The molecule has 0 fully saturated rings. The summed E-state index contributed by atoms with van der Waals surface area (Å²) in [4.78, 5) is 16.6. The van der Waals surface area contributed by atoms with Crippen molar-refractivity contribution in [3.05, 3.63) is 82.6 Å². The van der Waals surface area contributed by atoms with Crippen LogP contribution in [0.3, 0.4) is 0 Å². The van der Waals surface area contributed by atoms with Crippen molar-refractivity contribution in [1.29, 1.82) is 0 Å². The molecule has 0 unspecified atom stereocenters. The molecule has 5 nitrogen and oxygen atoms in total. The molecule has 0 spiro atoms. The number of aromatic nitrogens is 1. The molecular weight excluding hydrogens is 374 g/mol. The third-order valence-electron chi connectivity index (χ3n) is 4.34. The van der Waals surface area contributed by atoms with Crippen molar-refractivity contribution in [1.82, 2.24) is 10.3 Å². The molecule has 1 aromatic heterocycles. The van der Waals surface area contributed by atoms with Crippen LogP contribution in [-0.2, 0) is 6.42 Å². The summed E-state index contributed by atoms with van der Waals surface area (Å²) in [5, 5.41) is 6.84. The number of carbonyl (C=O) groups excluding carboxylic acids is 1. The van der Waals surface area contributed by atoms with Crippen molar-refractivity contribution >= 4 is 28.9 Å². The number of methoxy groups -OCH3 is 1. The van der Waals surface area contributed by atoms with Gasteiger partial charge in [-0.3, -0.25) is 9.78 Å². The molecule has 0 atom stereocenters. The summed E-state index contributed by atoms with van der Waals surface area (Å²) in [5.74, 6) is 0.658. The average Bonchev–Trinajstić information content (AvgIpc) is 2.71. The van der Waals surface area contributed by atoms with Crippen LogP contribution in [0.15, 0.2) is 60.9 Å². The average molecular weight is 396 g/mol. The normalized spacial score (nSPS) is 10.4. The van der Waals surface area contributed by atoms with Gasteiger partial charge >= 0.3 is 0 Å². The van der Waals surface area contributed by atoms with E-state index < -0.39 is 0 Å². The minimum absolute atomic E-state index is 0.160. The summed E-state index contributed by atoms with van der Waals surface area (Å²) < 4.78 is 5.15. The highest BCUT2D eigenvalue weighted by Gasteiger charge is 2.08. The lowest BCUT2D eigenvalue weighted by Crippen LogP contribution is -2.25. The largest absolute Gasteiger partial charge is 0.497 e. The number of halogens is 1. The lowest BCUT2D eigenvalue weighted by Gasteiger charge is -2.11. The second-order valence-corrected chi connectivity index (χ2v) is 6.84. The van der Waals surface area contributed by atoms with Crippen LogP contribution in [0.2, 0.25) is 5.02 Å². The second kappa shape index (κ2) is 9.24. The van der Waals surface area contributed by atoms with Gasteiger partial charge in [-0.1, -0.05) is 29.8 Å². The van der Waals surface area contributed by atoms with Gasteiger partial charge in [0.25, 0.3) is 5.91 Å². The molecule has 0 bridgehead atoms. The summed E-state index contributed by atoms with van der Waals surface area (Å²) in [6.07, 6.45) is 3.97. The fraction of sp³-hybridized carbons (Fsp3) is 0.182. The van der Waals surface area contributed by atoms with Gasteiger partial charge < -0.3 is 15.4 Å². The number of anilines is 2. The maximum Gasteiger partial charge on any atom is 0.252 e. The number of hydrogen-bond acceptors (Lipinski definition) is 4. The van der Waals surface area contributed by atoms with Crippen molar-refractivity contribution in [2.24, 2.45) is 0 Å². The van der Waals surface area contributed by atoms with Gasteiger partial charge in [0.2, 0.25) is 0 Å². The number of aryl methyl sites for hydroxylation is 1. The Kier molecular flexibility index (Phi) is 6.50. The number of amides is 1. The molecule has 1 amide bonds. The van der Waals surface area contributed by atoms with Gasteiger partial charge in [0.05, 0.1) is 24.6 Å². The molecule has 28 heavy (non-hydrogen) atoms. The summed E-state index contributed by atoms with van der Waals surface area (Å²) in [6.45, 7) is 2.53. The van der Waals surface area contributed by atoms with Crippen molar-refractivity contribution in [3.63, 3.8) is 0 Å². The van der Waals surface area contributed by atoms with E-state index in [1.807, 2.05) is 49.4 Å². The molecule has 3 aromatic rings. The van der Waals surface area contributed by atoms with E-state index in [9.17, 15) is 4.79 Å². The quantitative estimate of drug-likeness (QED) is 0.605. The Bertz CT molecular complexity index is 958. The van der Waals surface area contributed by atoms with Gasteiger partial charge in [-0.05, 0) is 54.8 Å². The van der Waals surface area contributed by atoms with Gasteiger partial charge in [-0.2, -0.15) is 0 Å². The molecule has 0 aliphatic rings. The van der Waals surface area contributed by atoms with E-state index >= 15 is 0 Å². The molecule has 144 valence electrons. The molecule has 0 aliphatic heterocycles. The van der Waals surface area contributed by atoms with Gasteiger partial charge in [-0.15, -0.1) is 0 Å². The lowest BCUT2D eigenvalue weighted by atomic mass is 10.1. The predicted octanol–water partition coefficient (Wildman–Crippen LogP) is 4.77. The van der Waals surface area contributed by atoms with Gasteiger partial charge in [0.15, 0.2) is 0 Å². The van der Waals surface area contributed by atoms with Crippen molar-refractivity contribution in [2.45, 2.75) is 13.3 Å². The van der Waals surface area contributed by atoms with Crippen LogP contribution in [0, 0.1) is 6.92 Å². The molecule has 1 heterocycles. The number of carbonyl (C=O) groups is 1. The van der Waals surface area contributed by atoms with E-state index in [0.717, 1.165) is 34.7 Å². The van der Waals surface area contributed by atoms with E-state index in [4.69, 9.17) is 16.3 Å². The summed E-state index contributed by atoms with van der Waals surface area (Å²) in [5.41, 5.74) is 4.30. The van der Waals surface area contributed by atoms with E-state index in [1.54, 1.807) is 25.6 Å². The standard InChI is InChI=1S/C22H22ClN3O2/c1-15-3-6-18(23)12-21(15)26-19-11-17(13-24-14-19)22(27)25-10-9-16-4-7-20(28-2)8-5-16/h3-8,11-14,26H,9-10H2,1-2H3,(H,25,27). The van der Waals surface area contributed by atoms with Gasteiger partial charge in [-0.25, -0.2) is 0 Å². The third kappa shape index (κ3) is 5.24. The Morgan fingerprint density at radius 1 is 1.11 bits per heavy atom. The first-order valence-electron chi connectivity index (χ1n) is 8.94. The fourth-order valence-corrected chi connectivity index (χ4v) is 2.90. The van der Waals surface area contributed by atoms with E-state index in [0.29, 0.717) is 17.1 Å². The van der Waals surface area contributed by atoms with E-state index in [-0.39, 0.29) is 5.91 Å². The number of nitrogens with one attached hydrogen (secondary N) is 2. The molecule has 0 aliphatic carbocycles. The number of hydrogen-bond donors (Lipinski definition) is 2. The zero-order valence-electron chi connectivity index (χ0n) is 15.8. The Morgan fingerprint density at radius 2 is 1.89 bits per heavy atom. The van der Waals surface area contributed by atoms with Gasteiger partial charge in [0.1, 0.15) is 5.75 Å². The van der Waals surface area contributed by atoms with Crippen LogP contribution < -0.4 is 15.4 Å². The molecule has 6 heteroatoms. The van der Waals surface area contributed by atoms with Crippen molar-refractivity contribution in [2.75, 3.05) is 19.0 Å². The molecule has 0 radical (unpaired) electrons. The minimum Gasteiger partial charge on any atom is -0.497 e. The van der Waals surface area contributed by atoms with Crippen LogP contribution in [-0.4, -0.2) is 24.5 Å². The summed E-state index contributed by atoms with van der Waals surface area (Å²) >= 11 is 6.06. The number of ether oxygens (including phenoxy) is 1. The first-order chi connectivity index (χ1) is 13.5. The van der Waals surface area contributed by atoms with Crippen LogP contribution >= 0.6 is 11.6 Å². The maximum absolute atomic E-state index is 12.4. The Balaban J connectivity index is 1.59. The van der Waals surface area contributed by atoms with E-state index in [2.05, 4.69) is 15.6 Å². The van der Waals surface area contributed by atoms with Crippen LogP contribution in [0.1, 0.15) is 21.5 Å². The molecule has 0 saturated carbocycles. The molecule has 3 rings (SSSR count). The SMILES string of the molecule is COc1ccc(CCNC(=O)c2cncc(Nc3cc(Cl)ccc3C)c2)cc1. The first-order valence-corrected chi connectivity index (χ1v) is 9.32. The van der Waals surface area contributed by atoms with Crippen molar-refractivity contribution < 1.29 is 9.53 Å². The minimum atomic E-state index is -0.160. The third-order valence-corrected chi connectivity index (χ3v) is 4.57. The molecule has 2 N–H and O–H groups in total. The number of benzene rings is 2. The highest BCUT2D eigenvalue weighted by molar-refractivity contribution is 6.30. The zero-order chi connectivity index (χ0) is 19.9. The smallest absolute Gasteiger partial charge is 0.252 e. The molecular formula is C22H22ClN3O2. The zero-order valence-corrected chi connectivity index (χ0v) is 16.6. The fourth-order valence-electron chi connectivity index (χ4n) is 2.73. The highest BCUT2D eigenvalue weighted by atomic mass is 35.5. The Labute approximate surface area is 169 Å². The van der Waals surface area contributed by atoms with Crippen LogP contribution in [0.5, 0.6) is 5.75 Å². The number of nitrogens with zero attached hydrogens (tertiary/aromatic N) is 1. The summed E-state index contributed by atoms with van der Waals surface area (Å²) in [6, 6.07) is 15.2.